The second-order valence-electron chi connectivity index (χ2n) is 9.17. The van der Waals surface area contributed by atoms with E-state index in [1.165, 1.54) is 17.0 Å². The summed E-state index contributed by atoms with van der Waals surface area (Å²) < 4.78 is 41.6. The minimum atomic E-state index is -4.14. The van der Waals surface area contributed by atoms with E-state index in [2.05, 4.69) is 15.1 Å². The van der Waals surface area contributed by atoms with Crippen LogP contribution in [0.1, 0.15) is 40.2 Å². The minimum Gasteiger partial charge on any atom is -0.467 e. The molecule has 39 heavy (non-hydrogen) atoms. The third-order valence-corrected chi connectivity index (χ3v) is 7.64. The van der Waals surface area contributed by atoms with Crippen molar-refractivity contribution in [1.29, 1.82) is 0 Å². The highest BCUT2D eigenvalue weighted by molar-refractivity contribution is 7.89. The SMILES string of the molecule is Cc1ccc(-n2nc(C(=O)NCc3ccco3)c(C)c2Oc2ccc([N+](=O)[O-])cc2S(=O)(=O)NC2CC2)cc1. The number of nitrogens with one attached hydrogen (secondary N) is 2. The molecule has 1 fully saturated rings. The molecular weight excluding hydrogens is 526 g/mol. The summed E-state index contributed by atoms with van der Waals surface area (Å²) in [6.45, 7) is 3.68. The Labute approximate surface area is 223 Å². The Hall–Kier alpha value is -4.49. The molecule has 0 saturated heterocycles. The molecule has 1 amide bonds. The van der Waals surface area contributed by atoms with Gasteiger partial charge in [0.05, 0.1) is 23.4 Å². The van der Waals surface area contributed by atoms with Gasteiger partial charge in [0, 0.05) is 23.7 Å². The largest absolute Gasteiger partial charge is 0.467 e. The van der Waals surface area contributed by atoms with Crippen LogP contribution in [0.2, 0.25) is 0 Å². The second-order valence-corrected chi connectivity index (χ2v) is 10.9. The number of ether oxygens (including phenoxy) is 1. The minimum absolute atomic E-state index is 0.0551. The van der Waals surface area contributed by atoms with Crippen LogP contribution in [0.15, 0.2) is 70.2 Å². The second kappa shape index (κ2) is 10.3. The monoisotopic (exact) mass is 551 g/mol. The number of rotatable bonds is 10. The molecule has 2 heterocycles. The Morgan fingerprint density at radius 1 is 1.18 bits per heavy atom. The predicted molar refractivity (Wildman–Crippen MR) is 139 cm³/mol. The van der Waals surface area contributed by atoms with Crippen molar-refractivity contribution in [2.24, 2.45) is 0 Å². The highest BCUT2D eigenvalue weighted by Crippen LogP contribution is 2.36. The van der Waals surface area contributed by atoms with Gasteiger partial charge in [0.25, 0.3) is 11.6 Å². The average Bonchev–Trinajstić information content (AvgIpc) is 3.42. The van der Waals surface area contributed by atoms with E-state index in [4.69, 9.17) is 9.15 Å². The molecular formula is C26H25N5O7S. The van der Waals surface area contributed by atoms with Crippen molar-refractivity contribution in [1.82, 2.24) is 19.8 Å². The number of carbonyl (C=O) groups is 1. The molecule has 0 aliphatic heterocycles. The lowest BCUT2D eigenvalue weighted by Gasteiger charge is -2.14. The number of amides is 1. The Kier molecular flexibility index (Phi) is 6.93. The highest BCUT2D eigenvalue weighted by atomic mass is 32.2. The topological polar surface area (TPSA) is 159 Å². The van der Waals surface area contributed by atoms with Crippen molar-refractivity contribution >= 4 is 21.6 Å². The van der Waals surface area contributed by atoms with Gasteiger partial charge in [0.1, 0.15) is 16.4 Å². The van der Waals surface area contributed by atoms with Crippen LogP contribution in [0.4, 0.5) is 5.69 Å². The smallest absolute Gasteiger partial charge is 0.272 e. The molecule has 0 unspecified atom stereocenters. The molecule has 13 heteroatoms. The van der Waals surface area contributed by atoms with Crippen LogP contribution in [0.3, 0.4) is 0 Å². The van der Waals surface area contributed by atoms with Gasteiger partial charge in [-0.25, -0.2) is 13.1 Å². The Morgan fingerprint density at radius 2 is 1.92 bits per heavy atom. The van der Waals surface area contributed by atoms with Crippen LogP contribution in [0.25, 0.3) is 5.69 Å². The van der Waals surface area contributed by atoms with Crippen molar-refractivity contribution in [3.8, 4) is 17.3 Å². The molecule has 4 aromatic rings. The normalized spacial score (nSPS) is 13.3. The zero-order valence-corrected chi connectivity index (χ0v) is 21.9. The molecule has 202 valence electrons. The van der Waals surface area contributed by atoms with Gasteiger partial charge in [0.2, 0.25) is 15.9 Å². The summed E-state index contributed by atoms with van der Waals surface area (Å²) >= 11 is 0. The van der Waals surface area contributed by atoms with Crippen LogP contribution in [-0.4, -0.2) is 35.1 Å². The van der Waals surface area contributed by atoms with Gasteiger partial charge >= 0.3 is 0 Å². The van der Waals surface area contributed by atoms with Crippen LogP contribution in [0.5, 0.6) is 11.6 Å². The van der Waals surface area contributed by atoms with Crippen molar-refractivity contribution < 1.29 is 27.3 Å². The van der Waals surface area contributed by atoms with Gasteiger partial charge in [-0.2, -0.15) is 9.78 Å². The number of nitro benzene ring substituents is 1. The third-order valence-electron chi connectivity index (χ3n) is 6.10. The van der Waals surface area contributed by atoms with Crippen LogP contribution in [0, 0.1) is 24.0 Å². The summed E-state index contributed by atoms with van der Waals surface area (Å²) in [6.07, 6.45) is 2.86. The van der Waals surface area contributed by atoms with E-state index < -0.39 is 26.5 Å². The van der Waals surface area contributed by atoms with Crippen molar-refractivity contribution in [3.05, 3.63) is 93.6 Å². The molecule has 12 nitrogen and oxygen atoms in total. The first-order valence-corrected chi connectivity index (χ1v) is 13.6. The maximum atomic E-state index is 13.1. The van der Waals surface area contributed by atoms with Crippen molar-refractivity contribution in [2.75, 3.05) is 0 Å². The lowest BCUT2D eigenvalue weighted by Crippen LogP contribution is -2.26. The lowest BCUT2D eigenvalue weighted by atomic mass is 10.2. The first-order chi connectivity index (χ1) is 18.6. The average molecular weight is 552 g/mol. The maximum Gasteiger partial charge on any atom is 0.272 e. The molecule has 1 saturated carbocycles. The zero-order chi connectivity index (χ0) is 27.7. The number of carbonyl (C=O) groups excluding carboxylic acids is 1. The number of benzene rings is 2. The van der Waals surface area contributed by atoms with E-state index in [1.54, 1.807) is 31.2 Å². The molecule has 0 bridgehead atoms. The molecule has 0 spiro atoms. The van der Waals surface area contributed by atoms with Gasteiger partial charge in [0.15, 0.2) is 5.69 Å². The number of nitrogens with zero attached hydrogens (tertiary/aromatic N) is 3. The van der Waals surface area contributed by atoms with E-state index >= 15 is 0 Å². The van der Waals surface area contributed by atoms with Crippen molar-refractivity contribution in [3.63, 3.8) is 0 Å². The van der Waals surface area contributed by atoms with Crippen LogP contribution >= 0.6 is 0 Å². The van der Waals surface area contributed by atoms with Crippen molar-refractivity contribution in [2.45, 2.75) is 44.2 Å². The van der Waals surface area contributed by atoms with E-state index in [1.807, 2.05) is 19.1 Å². The summed E-state index contributed by atoms with van der Waals surface area (Å²) in [5.74, 6) is -0.00252. The number of hydrogen-bond acceptors (Lipinski definition) is 8. The third kappa shape index (κ3) is 5.68. The van der Waals surface area contributed by atoms with Gasteiger partial charge in [-0.1, -0.05) is 17.7 Å². The molecule has 1 aliphatic rings. The number of aryl methyl sites for hydroxylation is 1. The number of hydrogen-bond donors (Lipinski definition) is 2. The summed E-state index contributed by atoms with van der Waals surface area (Å²) in [7, 11) is -4.14. The molecule has 2 aromatic heterocycles. The molecule has 2 N–H and O–H groups in total. The summed E-state index contributed by atoms with van der Waals surface area (Å²) in [5.41, 5.74) is 1.55. The number of nitro groups is 1. The Bertz CT molecular complexity index is 1640. The quantitative estimate of drug-likeness (QED) is 0.220. The van der Waals surface area contributed by atoms with E-state index in [0.29, 0.717) is 29.9 Å². The van der Waals surface area contributed by atoms with Gasteiger partial charge < -0.3 is 14.5 Å². The van der Waals surface area contributed by atoms with Gasteiger partial charge in [-0.05, 0) is 57.0 Å². The maximum absolute atomic E-state index is 13.1. The molecule has 5 rings (SSSR count). The van der Waals surface area contributed by atoms with Gasteiger partial charge in [-0.15, -0.1) is 0 Å². The molecule has 2 aromatic carbocycles. The van der Waals surface area contributed by atoms with Crippen LogP contribution < -0.4 is 14.8 Å². The fourth-order valence-electron chi connectivity index (χ4n) is 3.83. The Morgan fingerprint density at radius 3 is 2.56 bits per heavy atom. The molecule has 1 aliphatic carbocycles. The van der Waals surface area contributed by atoms with E-state index in [-0.39, 0.29) is 34.8 Å². The fourth-order valence-corrected chi connectivity index (χ4v) is 5.29. The lowest BCUT2D eigenvalue weighted by molar-refractivity contribution is -0.385. The first-order valence-electron chi connectivity index (χ1n) is 12.1. The van der Waals surface area contributed by atoms with E-state index in [0.717, 1.165) is 17.7 Å². The number of aromatic nitrogens is 2. The van der Waals surface area contributed by atoms with E-state index in [9.17, 15) is 23.3 Å². The summed E-state index contributed by atoms with van der Waals surface area (Å²) in [6, 6.07) is 13.8. The van der Waals surface area contributed by atoms with Gasteiger partial charge in [-0.3, -0.25) is 14.9 Å². The predicted octanol–water partition coefficient (Wildman–Crippen LogP) is 4.15. The molecule has 0 atom stereocenters. The number of non-ortho nitro benzene ring substituents is 1. The number of furan rings is 1. The fraction of sp³-hybridized carbons (Fsp3) is 0.231. The summed E-state index contributed by atoms with van der Waals surface area (Å²) in [4.78, 5) is 23.4. The summed E-state index contributed by atoms with van der Waals surface area (Å²) in [5, 5.41) is 18.6. The standard InChI is InChI=1S/C26H25N5O7S/c1-16-5-9-19(10-6-16)30-26(17(2)24(28-30)25(32)27-15-21-4-3-13-37-21)38-22-12-11-20(31(33)34)14-23(22)39(35,36)29-18-7-8-18/h3-6,9-14,18,29H,7-8,15H2,1-2H3,(H,27,32). The first kappa shape index (κ1) is 26.1. The Balaban J connectivity index is 1.57. The van der Waals surface area contributed by atoms with Crippen LogP contribution in [-0.2, 0) is 16.6 Å². The number of sulfonamides is 1. The zero-order valence-electron chi connectivity index (χ0n) is 21.1. The highest BCUT2D eigenvalue weighted by Gasteiger charge is 2.32. The molecule has 0 radical (unpaired) electrons.